The zero-order chi connectivity index (χ0) is 14.7. The fourth-order valence-corrected chi connectivity index (χ4v) is 1.24. The van der Waals surface area contributed by atoms with Crippen LogP contribution in [0.2, 0.25) is 0 Å². The lowest BCUT2D eigenvalue weighted by molar-refractivity contribution is -0.384. The molecule has 0 heterocycles. The minimum atomic E-state index is -1.85. The van der Waals surface area contributed by atoms with Gasteiger partial charge in [-0.1, -0.05) is 0 Å². The highest BCUT2D eigenvalue weighted by Gasteiger charge is 2.28. The first-order valence-electron chi connectivity index (χ1n) is 4.58. The topological polar surface area (TPSA) is 119 Å². The molecule has 0 aliphatic carbocycles. The van der Waals surface area contributed by atoms with Crippen LogP contribution in [0.15, 0.2) is 11.1 Å². The summed E-state index contributed by atoms with van der Waals surface area (Å²) in [6.07, 6.45) is 0. The molecule has 0 unspecified atom stereocenters. The number of carboxylic acid groups (broad SMARTS) is 1. The first-order chi connectivity index (χ1) is 8.79. The van der Waals surface area contributed by atoms with Crippen molar-refractivity contribution >= 4 is 34.8 Å². The number of rotatable bonds is 4. The molecule has 0 saturated heterocycles. The molecule has 0 aliphatic heterocycles. The smallest absolute Gasteiger partial charge is 0.339 e. The SMILES string of the molecule is NC(CCl)=Nc1c([N+](=O)[O-])cc(C(=O)O)c(F)c1F. The number of amidine groups is 1. The summed E-state index contributed by atoms with van der Waals surface area (Å²) in [7, 11) is 0. The third-order valence-corrected chi connectivity index (χ3v) is 2.25. The van der Waals surface area contributed by atoms with Crippen molar-refractivity contribution in [3.63, 3.8) is 0 Å². The molecule has 1 aromatic carbocycles. The van der Waals surface area contributed by atoms with Gasteiger partial charge in [0, 0.05) is 6.07 Å². The van der Waals surface area contributed by atoms with E-state index in [1.54, 1.807) is 0 Å². The summed E-state index contributed by atoms with van der Waals surface area (Å²) in [5.74, 6) is -6.14. The van der Waals surface area contributed by atoms with Gasteiger partial charge < -0.3 is 10.8 Å². The van der Waals surface area contributed by atoms with Crippen LogP contribution in [-0.2, 0) is 0 Å². The second-order valence-corrected chi connectivity index (χ2v) is 3.49. The second kappa shape index (κ2) is 5.57. The van der Waals surface area contributed by atoms with Gasteiger partial charge in [0.2, 0.25) is 0 Å². The highest BCUT2D eigenvalue weighted by Crippen LogP contribution is 2.34. The molecule has 3 N–H and O–H groups in total. The maximum Gasteiger partial charge on any atom is 0.339 e. The van der Waals surface area contributed by atoms with Gasteiger partial charge in [0.15, 0.2) is 17.3 Å². The lowest BCUT2D eigenvalue weighted by atomic mass is 10.1. The van der Waals surface area contributed by atoms with E-state index in [0.717, 1.165) is 0 Å². The van der Waals surface area contributed by atoms with Gasteiger partial charge in [-0.15, -0.1) is 11.6 Å². The number of nitrogens with two attached hydrogens (primary N) is 1. The van der Waals surface area contributed by atoms with Crippen LogP contribution >= 0.6 is 11.6 Å². The van der Waals surface area contributed by atoms with Crippen LogP contribution in [0.25, 0.3) is 0 Å². The molecular formula is C9H6ClF2N3O4. The van der Waals surface area contributed by atoms with Crippen molar-refractivity contribution < 1.29 is 23.6 Å². The van der Waals surface area contributed by atoms with Crippen molar-refractivity contribution in [1.29, 1.82) is 0 Å². The molecule has 0 aromatic heterocycles. The first-order valence-corrected chi connectivity index (χ1v) is 5.11. The fourth-order valence-electron chi connectivity index (χ4n) is 1.18. The van der Waals surface area contributed by atoms with E-state index in [1.165, 1.54) is 0 Å². The molecule has 0 saturated carbocycles. The number of halogens is 3. The van der Waals surface area contributed by atoms with E-state index in [4.69, 9.17) is 22.4 Å². The number of benzene rings is 1. The Bertz CT molecular complexity index is 591. The van der Waals surface area contributed by atoms with E-state index < -0.39 is 39.5 Å². The van der Waals surface area contributed by atoms with E-state index in [9.17, 15) is 23.7 Å². The number of hydrogen-bond acceptors (Lipinski definition) is 4. The molecule has 0 fully saturated rings. The molecule has 0 atom stereocenters. The molecule has 19 heavy (non-hydrogen) atoms. The van der Waals surface area contributed by atoms with Crippen LogP contribution in [0, 0.1) is 21.7 Å². The van der Waals surface area contributed by atoms with E-state index in [2.05, 4.69) is 4.99 Å². The number of aromatic carboxylic acids is 1. The Balaban J connectivity index is 3.67. The van der Waals surface area contributed by atoms with E-state index in [1.807, 2.05) is 0 Å². The second-order valence-electron chi connectivity index (χ2n) is 3.22. The predicted octanol–water partition coefficient (Wildman–Crippen LogP) is 1.80. The fraction of sp³-hybridized carbons (Fsp3) is 0.111. The quantitative estimate of drug-likeness (QED) is 0.288. The van der Waals surface area contributed by atoms with Crippen molar-refractivity contribution in [1.82, 2.24) is 0 Å². The molecular weight excluding hydrogens is 288 g/mol. The Labute approximate surface area is 109 Å². The summed E-state index contributed by atoms with van der Waals surface area (Å²) in [5, 5.41) is 19.3. The Morgan fingerprint density at radius 1 is 1.53 bits per heavy atom. The van der Waals surface area contributed by atoms with Crippen LogP contribution in [0.1, 0.15) is 10.4 Å². The van der Waals surface area contributed by atoms with Crippen molar-refractivity contribution in [3.05, 3.63) is 33.4 Å². The van der Waals surface area contributed by atoms with Gasteiger partial charge in [-0.3, -0.25) is 10.1 Å². The number of carbonyl (C=O) groups is 1. The third-order valence-electron chi connectivity index (χ3n) is 1.98. The number of nitrogens with zero attached hydrogens (tertiary/aromatic N) is 2. The molecule has 0 radical (unpaired) electrons. The van der Waals surface area contributed by atoms with Gasteiger partial charge in [-0.05, 0) is 0 Å². The zero-order valence-electron chi connectivity index (χ0n) is 9.06. The third kappa shape index (κ3) is 2.94. The van der Waals surface area contributed by atoms with Gasteiger partial charge in [0.25, 0.3) is 5.69 Å². The van der Waals surface area contributed by atoms with E-state index >= 15 is 0 Å². The summed E-state index contributed by atoms with van der Waals surface area (Å²) >= 11 is 5.27. The predicted molar refractivity (Wildman–Crippen MR) is 62.0 cm³/mol. The van der Waals surface area contributed by atoms with E-state index in [-0.39, 0.29) is 11.7 Å². The average molecular weight is 294 g/mol. The summed E-state index contributed by atoms with van der Waals surface area (Å²) < 4.78 is 27.0. The summed E-state index contributed by atoms with van der Waals surface area (Å²) in [6.45, 7) is 0. The molecule has 0 spiro atoms. The molecule has 0 bridgehead atoms. The van der Waals surface area contributed by atoms with Gasteiger partial charge >= 0.3 is 5.97 Å². The Hall–Kier alpha value is -2.29. The molecule has 7 nitrogen and oxygen atoms in total. The van der Waals surface area contributed by atoms with Crippen LogP contribution in [0.3, 0.4) is 0 Å². The lowest BCUT2D eigenvalue weighted by Gasteiger charge is -2.04. The summed E-state index contributed by atoms with van der Waals surface area (Å²) in [6, 6.07) is 0.362. The largest absolute Gasteiger partial charge is 0.478 e. The molecule has 0 amide bonds. The lowest BCUT2D eigenvalue weighted by Crippen LogP contribution is -2.13. The Morgan fingerprint density at radius 2 is 2.11 bits per heavy atom. The number of aliphatic imine (C=N–C) groups is 1. The van der Waals surface area contributed by atoms with Crippen LogP contribution in [0.5, 0.6) is 0 Å². The highest BCUT2D eigenvalue weighted by molar-refractivity contribution is 6.28. The van der Waals surface area contributed by atoms with Gasteiger partial charge in [0.05, 0.1) is 10.8 Å². The van der Waals surface area contributed by atoms with Crippen molar-refractivity contribution in [2.75, 3.05) is 5.88 Å². The normalized spacial score (nSPS) is 11.4. The molecule has 10 heteroatoms. The van der Waals surface area contributed by atoms with Crippen LogP contribution in [0.4, 0.5) is 20.2 Å². The number of alkyl halides is 1. The minimum Gasteiger partial charge on any atom is -0.478 e. The Morgan fingerprint density at radius 3 is 2.53 bits per heavy atom. The number of nitro benzene ring substituents is 1. The molecule has 102 valence electrons. The van der Waals surface area contributed by atoms with Crippen LogP contribution < -0.4 is 5.73 Å². The first kappa shape index (κ1) is 14.8. The minimum absolute atomic E-state index is 0.362. The molecule has 1 aromatic rings. The molecule has 0 aliphatic rings. The highest BCUT2D eigenvalue weighted by atomic mass is 35.5. The maximum atomic E-state index is 13.6. The van der Waals surface area contributed by atoms with Gasteiger partial charge in [0.1, 0.15) is 11.4 Å². The number of carboxylic acids is 1. The van der Waals surface area contributed by atoms with Crippen molar-refractivity contribution in [2.24, 2.45) is 10.7 Å². The number of hydrogen-bond donors (Lipinski definition) is 2. The summed E-state index contributed by atoms with van der Waals surface area (Å²) in [5.41, 5.74) is 1.97. The monoisotopic (exact) mass is 293 g/mol. The van der Waals surface area contributed by atoms with Crippen molar-refractivity contribution in [3.8, 4) is 0 Å². The van der Waals surface area contributed by atoms with Gasteiger partial charge in [-0.25, -0.2) is 18.6 Å². The molecule has 1 rings (SSSR count). The van der Waals surface area contributed by atoms with E-state index in [0.29, 0.717) is 6.07 Å². The van der Waals surface area contributed by atoms with Crippen LogP contribution in [-0.4, -0.2) is 27.7 Å². The average Bonchev–Trinajstić information content (AvgIpc) is 2.34. The zero-order valence-corrected chi connectivity index (χ0v) is 9.82. The standard InChI is InChI=1S/C9H6ClF2N3O4/c10-2-5(13)14-8-4(15(18)19)1-3(9(16)17)6(11)7(8)12/h1H,2H2,(H2,13,14)(H,16,17). The van der Waals surface area contributed by atoms with Crippen molar-refractivity contribution in [2.45, 2.75) is 0 Å². The summed E-state index contributed by atoms with van der Waals surface area (Å²) in [4.78, 5) is 23.5. The number of nitro groups is 1. The Kier molecular flexibility index (Phi) is 4.33. The van der Waals surface area contributed by atoms with Gasteiger partial charge in [-0.2, -0.15) is 0 Å². The maximum absolute atomic E-state index is 13.6.